The largest absolute Gasteiger partial charge is 0.501 e. The Balaban J connectivity index is 0.000000186. The van der Waals surface area contributed by atoms with Gasteiger partial charge in [0.05, 0.1) is 12.5 Å². The van der Waals surface area contributed by atoms with Crippen LogP contribution >= 0.6 is 11.6 Å². The zero-order chi connectivity index (χ0) is 23.8. The highest BCUT2D eigenvalue weighted by atomic mass is 35.5. The topological polar surface area (TPSA) is 110 Å². The van der Waals surface area contributed by atoms with Gasteiger partial charge in [-0.1, -0.05) is 72.2 Å². The first-order valence-electron chi connectivity index (χ1n) is 10.2. The molecule has 0 saturated carbocycles. The second kappa shape index (κ2) is 11.1. The summed E-state index contributed by atoms with van der Waals surface area (Å²) in [4.78, 5) is 26.7. The molecule has 33 heavy (non-hydrogen) atoms. The normalized spacial score (nSPS) is 11.2. The Morgan fingerprint density at radius 2 is 1.88 bits per heavy atom. The Labute approximate surface area is 195 Å². The standard InChI is InChI=1S/C15H15Cl.C9H8N4O4/c1-2-13(12-8-4-3-5-9-12)14-10-6-7-11-15(14)16;1-13-4-10-6(7(14)9(13)16)8(15)12-5-2-11-17-3-5/h3-11,13H,2H2,1H3;2-4,14H,1H3,(H,12,15). The first-order chi connectivity index (χ1) is 15.9. The average molecular weight is 467 g/mol. The number of rotatable bonds is 5. The smallest absolute Gasteiger partial charge is 0.296 e. The van der Waals surface area contributed by atoms with Crippen LogP contribution in [0, 0.1) is 0 Å². The molecular weight excluding hydrogens is 444 g/mol. The quantitative estimate of drug-likeness (QED) is 0.444. The number of aryl methyl sites for hydroxylation is 1. The minimum atomic E-state index is -0.719. The van der Waals surface area contributed by atoms with Crippen LogP contribution in [0.15, 0.2) is 82.7 Å². The molecule has 2 N–H and O–H groups in total. The number of benzene rings is 2. The molecular formula is C24H23ClN4O4. The second-order valence-electron chi connectivity index (χ2n) is 7.12. The van der Waals surface area contributed by atoms with Gasteiger partial charge < -0.3 is 14.9 Å². The zero-order valence-corrected chi connectivity index (χ0v) is 18.9. The van der Waals surface area contributed by atoms with Crippen molar-refractivity contribution in [2.75, 3.05) is 5.32 Å². The third-order valence-corrected chi connectivity index (χ3v) is 5.25. The van der Waals surface area contributed by atoms with E-state index in [0.717, 1.165) is 22.3 Å². The fraction of sp³-hybridized carbons (Fsp3) is 0.167. The van der Waals surface area contributed by atoms with Gasteiger partial charge in [0.2, 0.25) is 5.75 Å². The van der Waals surface area contributed by atoms with Crippen LogP contribution in [0.1, 0.15) is 40.9 Å². The van der Waals surface area contributed by atoms with Gasteiger partial charge in [-0.15, -0.1) is 0 Å². The molecule has 0 spiro atoms. The molecule has 2 aromatic heterocycles. The van der Waals surface area contributed by atoms with Crippen molar-refractivity contribution in [3.63, 3.8) is 0 Å². The third-order valence-electron chi connectivity index (χ3n) is 4.90. The van der Waals surface area contributed by atoms with Crippen LogP contribution in [0.5, 0.6) is 5.75 Å². The number of halogens is 1. The molecule has 1 amide bonds. The molecule has 2 heterocycles. The summed E-state index contributed by atoms with van der Waals surface area (Å²) in [6, 6.07) is 18.6. The Morgan fingerprint density at radius 3 is 2.52 bits per heavy atom. The van der Waals surface area contributed by atoms with E-state index in [1.165, 1.54) is 30.6 Å². The van der Waals surface area contributed by atoms with E-state index in [-0.39, 0.29) is 5.69 Å². The molecule has 0 aliphatic carbocycles. The van der Waals surface area contributed by atoms with Crippen molar-refractivity contribution >= 4 is 23.2 Å². The molecule has 4 aromatic rings. The fourth-order valence-electron chi connectivity index (χ4n) is 3.23. The van der Waals surface area contributed by atoms with Crippen LogP contribution in [0.25, 0.3) is 0 Å². The number of amides is 1. The van der Waals surface area contributed by atoms with Crippen LogP contribution in [0.2, 0.25) is 5.02 Å². The predicted octanol–water partition coefficient (Wildman–Crippen LogP) is 4.61. The van der Waals surface area contributed by atoms with Gasteiger partial charge in [0, 0.05) is 18.0 Å². The van der Waals surface area contributed by atoms with Crippen LogP contribution in [-0.2, 0) is 7.05 Å². The van der Waals surface area contributed by atoms with Crippen LogP contribution in [0.3, 0.4) is 0 Å². The Kier molecular flexibility index (Phi) is 7.99. The van der Waals surface area contributed by atoms with Gasteiger partial charge in [-0.25, -0.2) is 4.98 Å². The number of carbonyl (C=O) groups is 1. The van der Waals surface area contributed by atoms with Gasteiger partial charge in [0.1, 0.15) is 12.0 Å². The minimum Gasteiger partial charge on any atom is -0.501 e. The summed E-state index contributed by atoms with van der Waals surface area (Å²) in [6.07, 6.45) is 4.68. The summed E-state index contributed by atoms with van der Waals surface area (Å²) in [5.41, 5.74) is 1.80. The summed E-state index contributed by atoms with van der Waals surface area (Å²) < 4.78 is 5.57. The molecule has 2 aromatic carbocycles. The van der Waals surface area contributed by atoms with Gasteiger partial charge in [0.25, 0.3) is 11.5 Å². The van der Waals surface area contributed by atoms with E-state index in [2.05, 4.69) is 57.2 Å². The lowest BCUT2D eigenvalue weighted by Gasteiger charge is -2.17. The van der Waals surface area contributed by atoms with E-state index in [0.29, 0.717) is 11.6 Å². The first kappa shape index (κ1) is 23.7. The van der Waals surface area contributed by atoms with Crippen molar-refractivity contribution in [3.8, 4) is 5.75 Å². The SMILES string of the molecule is CCC(c1ccccc1)c1ccccc1Cl.Cn1cnc(C(=O)Nc2cnoc2)c(O)c1=O. The zero-order valence-electron chi connectivity index (χ0n) is 18.1. The highest BCUT2D eigenvalue weighted by Crippen LogP contribution is 2.32. The van der Waals surface area contributed by atoms with Crippen LogP contribution in [-0.4, -0.2) is 25.7 Å². The van der Waals surface area contributed by atoms with Gasteiger partial charge in [-0.3, -0.25) is 14.2 Å². The lowest BCUT2D eigenvalue weighted by atomic mass is 9.89. The molecule has 4 rings (SSSR count). The van der Waals surface area contributed by atoms with Crippen molar-refractivity contribution in [2.24, 2.45) is 7.05 Å². The summed E-state index contributed by atoms with van der Waals surface area (Å²) in [6.45, 7) is 2.20. The van der Waals surface area contributed by atoms with Crippen molar-refractivity contribution in [3.05, 3.63) is 106 Å². The van der Waals surface area contributed by atoms with Gasteiger partial charge in [-0.05, 0) is 23.6 Å². The van der Waals surface area contributed by atoms with Gasteiger partial charge in [-0.2, -0.15) is 0 Å². The lowest BCUT2D eigenvalue weighted by Crippen LogP contribution is -2.22. The van der Waals surface area contributed by atoms with E-state index in [4.69, 9.17) is 11.6 Å². The average Bonchev–Trinajstić information content (AvgIpc) is 3.33. The summed E-state index contributed by atoms with van der Waals surface area (Å²) >= 11 is 6.25. The maximum atomic E-state index is 11.6. The van der Waals surface area contributed by atoms with Gasteiger partial charge >= 0.3 is 0 Å². The van der Waals surface area contributed by atoms with Crippen molar-refractivity contribution in [1.82, 2.24) is 14.7 Å². The molecule has 0 fully saturated rings. The number of nitrogens with zero attached hydrogens (tertiary/aromatic N) is 3. The number of carbonyl (C=O) groups excluding carboxylic acids is 1. The second-order valence-corrected chi connectivity index (χ2v) is 7.53. The molecule has 1 atom stereocenters. The third kappa shape index (κ3) is 5.87. The highest BCUT2D eigenvalue weighted by molar-refractivity contribution is 6.31. The number of anilines is 1. The Bertz CT molecular complexity index is 1260. The number of aromatic nitrogens is 3. The Hall–Kier alpha value is -3.91. The number of aromatic hydroxyl groups is 1. The maximum Gasteiger partial charge on any atom is 0.296 e. The van der Waals surface area contributed by atoms with E-state index in [1.54, 1.807) is 0 Å². The van der Waals surface area contributed by atoms with E-state index in [9.17, 15) is 14.7 Å². The van der Waals surface area contributed by atoms with E-state index >= 15 is 0 Å². The van der Waals surface area contributed by atoms with E-state index < -0.39 is 17.2 Å². The minimum absolute atomic E-state index is 0.303. The molecule has 170 valence electrons. The predicted molar refractivity (Wildman–Crippen MR) is 126 cm³/mol. The summed E-state index contributed by atoms with van der Waals surface area (Å²) in [7, 11) is 1.41. The summed E-state index contributed by atoms with van der Waals surface area (Å²) in [5, 5.41) is 16.1. The lowest BCUT2D eigenvalue weighted by molar-refractivity contribution is 0.101. The molecule has 1 unspecified atom stereocenters. The van der Waals surface area contributed by atoms with Crippen molar-refractivity contribution in [2.45, 2.75) is 19.3 Å². The monoisotopic (exact) mass is 466 g/mol. The van der Waals surface area contributed by atoms with Crippen molar-refractivity contribution in [1.29, 1.82) is 0 Å². The van der Waals surface area contributed by atoms with Gasteiger partial charge in [0.15, 0.2) is 5.69 Å². The number of hydrogen-bond acceptors (Lipinski definition) is 6. The molecule has 9 heteroatoms. The van der Waals surface area contributed by atoms with Crippen LogP contribution < -0.4 is 10.9 Å². The Morgan fingerprint density at radius 1 is 1.18 bits per heavy atom. The number of nitrogens with one attached hydrogen (secondary N) is 1. The molecule has 0 aliphatic heterocycles. The van der Waals surface area contributed by atoms with Crippen LogP contribution in [0.4, 0.5) is 5.69 Å². The molecule has 0 radical (unpaired) electrons. The molecule has 0 bridgehead atoms. The fourth-order valence-corrected chi connectivity index (χ4v) is 3.49. The van der Waals surface area contributed by atoms with Crippen molar-refractivity contribution < 1.29 is 14.4 Å². The summed E-state index contributed by atoms with van der Waals surface area (Å²) in [5.74, 6) is -1.03. The number of hydrogen-bond donors (Lipinski definition) is 2. The molecule has 0 saturated heterocycles. The highest BCUT2D eigenvalue weighted by Gasteiger charge is 2.17. The molecule has 0 aliphatic rings. The van der Waals surface area contributed by atoms with E-state index in [1.807, 2.05) is 24.3 Å². The first-order valence-corrected chi connectivity index (χ1v) is 10.5. The molecule has 8 nitrogen and oxygen atoms in total. The maximum absolute atomic E-state index is 11.6.